The number of unbranched alkanes of at least 4 members (excludes halogenated alkanes) is 33. The lowest BCUT2D eigenvalue weighted by Crippen LogP contribution is -2.30. The van der Waals surface area contributed by atoms with E-state index >= 15 is 0 Å². The molecule has 0 fully saturated rings. The average molecular weight is 885 g/mol. The van der Waals surface area contributed by atoms with Crippen molar-refractivity contribution in [2.45, 2.75) is 297 Å². The first kappa shape index (κ1) is 60.6. The minimum Gasteiger partial charge on any atom is -0.462 e. The van der Waals surface area contributed by atoms with Gasteiger partial charge < -0.3 is 14.2 Å². The Morgan fingerprint density at radius 2 is 0.571 bits per heavy atom. The van der Waals surface area contributed by atoms with Crippen molar-refractivity contribution in [3.63, 3.8) is 0 Å². The number of rotatable bonds is 50. The summed E-state index contributed by atoms with van der Waals surface area (Å²) in [6, 6.07) is 0. The van der Waals surface area contributed by atoms with Crippen LogP contribution in [-0.4, -0.2) is 37.2 Å². The molecule has 0 N–H and O–H groups in total. The van der Waals surface area contributed by atoms with Crippen LogP contribution in [0.3, 0.4) is 0 Å². The molecule has 6 nitrogen and oxygen atoms in total. The average Bonchev–Trinajstić information content (AvgIpc) is 3.28. The molecule has 1 unspecified atom stereocenters. The van der Waals surface area contributed by atoms with Crippen molar-refractivity contribution in [3.8, 4) is 0 Å². The molecule has 0 bridgehead atoms. The summed E-state index contributed by atoms with van der Waals surface area (Å²) in [5, 5.41) is 0. The second kappa shape index (κ2) is 52.3. The highest BCUT2D eigenvalue weighted by Crippen LogP contribution is 2.16. The zero-order valence-electron chi connectivity index (χ0n) is 42.1. The predicted octanol–water partition coefficient (Wildman–Crippen LogP) is 18.1. The van der Waals surface area contributed by atoms with Gasteiger partial charge in [0.1, 0.15) is 13.2 Å². The first-order chi connectivity index (χ1) is 31.0. The third-order valence-corrected chi connectivity index (χ3v) is 12.1. The lowest BCUT2D eigenvalue weighted by molar-refractivity contribution is -0.167. The molecule has 0 aromatic heterocycles. The molecule has 0 aliphatic heterocycles. The van der Waals surface area contributed by atoms with Crippen LogP contribution in [0.25, 0.3) is 0 Å². The van der Waals surface area contributed by atoms with Crippen LogP contribution in [0, 0.1) is 0 Å². The number of hydrogen-bond acceptors (Lipinski definition) is 6. The molecule has 0 saturated carbocycles. The Labute approximate surface area is 391 Å². The molecule has 0 aromatic rings. The Hall–Kier alpha value is -2.37. The van der Waals surface area contributed by atoms with Crippen molar-refractivity contribution in [3.05, 3.63) is 36.5 Å². The van der Waals surface area contributed by atoms with Crippen LogP contribution in [-0.2, 0) is 28.6 Å². The van der Waals surface area contributed by atoms with Crippen molar-refractivity contribution in [2.24, 2.45) is 0 Å². The van der Waals surface area contributed by atoms with Crippen LogP contribution in [0.4, 0.5) is 0 Å². The quantitative estimate of drug-likeness (QED) is 0.0262. The molecule has 1 atom stereocenters. The van der Waals surface area contributed by atoms with E-state index in [1.165, 1.54) is 180 Å². The summed E-state index contributed by atoms with van der Waals surface area (Å²) in [5.74, 6) is -0.877. The van der Waals surface area contributed by atoms with Gasteiger partial charge in [-0.15, -0.1) is 0 Å². The molecular weight excluding hydrogens is 781 g/mol. The third kappa shape index (κ3) is 50.5. The highest BCUT2D eigenvalue weighted by molar-refractivity contribution is 5.71. The predicted molar refractivity (Wildman–Crippen MR) is 270 cm³/mol. The van der Waals surface area contributed by atoms with E-state index < -0.39 is 6.10 Å². The van der Waals surface area contributed by atoms with E-state index in [9.17, 15) is 14.4 Å². The van der Waals surface area contributed by atoms with Gasteiger partial charge in [-0.05, 0) is 77.0 Å². The second-order valence-electron chi connectivity index (χ2n) is 18.5. The van der Waals surface area contributed by atoms with Crippen molar-refractivity contribution < 1.29 is 28.6 Å². The van der Waals surface area contributed by atoms with Crippen LogP contribution >= 0.6 is 0 Å². The molecule has 0 rings (SSSR count). The zero-order valence-corrected chi connectivity index (χ0v) is 42.1. The van der Waals surface area contributed by atoms with E-state index in [-0.39, 0.29) is 31.1 Å². The summed E-state index contributed by atoms with van der Waals surface area (Å²) in [6.45, 7) is 6.59. The molecule has 368 valence electrons. The number of allylic oxidation sites excluding steroid dienone is 6. The van der Waals surface area contributed by atoms with Crippen molar-refractivity contribution >= 4 is 17.9 Å². The van der Waals surface area contributed by atoms with Crippen molar-refractivity contribution in [2.75, 3.05) is 13.2 Å². The smallest absolute Gasteiger partial charge is 0.306 e. The van der Waals surface area contributed by atoms with Gasteiger partial charge in [-0.2, -0.15) is 0 Å². The van der Waals surface area contributed by atoms with Gasteiger partial charge in [0.25, 0.3) is 0 Å². The topological polar surface area (TPSA) is 78.9 Å². The van der Waals surface area contributed by atoms with Crippen LogP contribution in [0.2, 0.25) is 0 Å². The number of carbonyl (C=O) groups is 3. The van der Waals surface area contributed by atoms with E-state index in [0.29, 0.717) is 19.3 Å². The highest BCUT2D eigenvalue weighted by Gasteiger charge is 2.19. The molecule has 0 aliphatic carbocycles. The molecule has 0 radical (unpaired) electrons. The van der Waals surface area contributed by atoms with Gasteiger partial charge in [-0.3, -0.25) is 14.4 Å². The van der Waals surface area contributed by atoms with Crippen molar-refractivity contribution in [1.29, 1.82) is 0 Å². The number of esters is 3. The maximum atomic E-state index is 12.7. The molecule has 63 heavy (non-hydrogen) atoms. The van der Waals surface area contributed by atoms with Crippen molar-refractivity contribution in [1.82, 2.24) is 0 Å². The summed E-state index contributed by atoms with van der Waals surface area (Å²) < 4.78 is 16.8. The fourth-order valence-corrected chi connectivity index (χ4v) is 7.94. The monoisotopic (exact) mass is 885 g/mol. The first-order valence-electron chi connectivity index (χ1n) is 27.5. The summed E-state index contributed by atoms with van der Waals surface area (Å²) >= 11 is 0. The van der Waals surface area contributed by atoms with Gasteiger partial charge in [0.2, 0.25) is 0 Å². The summed E-state index contributed by atoms with van der Waals surface area (Å²) in [6.07, 6.45) is 61.5. The van der Waals surface area contributed by atoms with Gasteiger partial charge in [-0.1, -0.05) is 231 Å². The molecular formula is C57H104O6. The maximum Gasteiger partial charge on any atom is 0.306 e. The minimum absolute atomic E-state index is 0.0729. The van der Waals surface area contributed by atoms with Gasteiger partial charge in [-0.25, -0.2) is 0 Å². The Morgan fingerprint density at radius 1 is 0.317 bits per heavy atom. The molecule has 0 aliphatic rings. The van der Waals surface area contributed by atoms with E-state index in [0.717, 1.165) is 70.6 Å². The van der Waals surface area contributed by atoms with Gasteiger partial charge >= 0.3 is 17.9 Å². The number of carbonyl (C=O) groups excluding carboxylic acids is 3. The standard InChI is InChI=1S/C57H104O6/c1-4-7-10-13-16-19-21-23-24-25-26-27-28-29-30-31-32-33-34-35-37-38-41-44-47-50-56(59)62-53-54(52-61-55(58)49-46-43-40-18-15-12-9-6-3)63-57(60)51-48-45-42-39-36-22-20-17-14-11-8-5-2/h17,20-21,23,25-26,54H,4-16,18-19,22,24,27-53H2,1-3H3/b20-17-,23-21-,26-25-. The molecule has 0 amide bonds. The Morgan fingerprint density at radius 3 is 0.921 bits per heavy atom. The van der Waals surface area contributed by atoms with Crippen LogP contribution in [0.5, 0.6) is 0 Å². The number of ether oxygens (including phenoxy) is 3. The summed E-state index contributed by atoms with van der Waals surface area (Å²) in [7, 11) is 0. The second-order valence-corrected chi connectivity index (χ2v) is 18.5. The lowest BCUT2D eigenvalue weighted by atomic mass is 10.0. The zero-order chi connectivity index (χ0) is 45.8. The van der Waals surface area contributed by atoms with Gasteiger partial charge in [0.15, 0.2) is 6.10 Å². The summed E-state index contributed by atoms with van der Waals surface area (Å²) in [5.41, 5.74) is 0. The van der Waals surface area contributed by atoms with Crippen LogP contribution in [0.15, 0.2) is 36.5 Å². The molecule has 6 heteroatoms. The normalized spacial score (nSPS) is 12.2. The largest absolute Gasteiger partial charge is 0.462 e. The Kier molecular flexibility index (Phi) is 50.3. The third-order valence-electron chi connectivity index (χ3n) is 12.1. The number of hydrogen-bond donors (Lipinski definition) is 0. The molecule has 0 aromatic carbocycles. The molecule has 0 spiro atoms. The fourth-order valence-electron chi connectivity index (χ4n) is 7.94. The van der Waals surface area contributed by atoms with E-state index in [4.69, 9.17) is 14.2 Å². The van der Waals surface area contributed by atoms with Crippen LogP contribution in [0.1, 0.15) is 290 Å². The molecule has 0 heterocycles. The molecule has 0 saturated heterocycles. The van der Waals surface area contributed by atoms with Gasteiger partial charge in [0, 0.05) is 19.3 Å². The Bertz CT molecular complexity index is 1060. The SMILES string of the molecule is CCCCC/C=C\CCCCCCCC(=O)OC(COC(=O)CCCCCCCCCC)COC(=O)CCCCCCCCCCCCCCC/C=C\C/C=C\CCCCCCC. The fraction of sp³-hybridized carbons (Fsp3) is 0.842. The van der Waals surface area contributed by atoms with Gasteiger partial charge in [0.05, 0.1) is 0 Å². The summed E-state index contributed by atoms with van der Waals surface area (Å²) in [4.78, 5) is 37.8. The lowest BCUT2D eigenvalue weighted by Gasteiger charge is -2.18. The first-order valence-corrected chi connectivity index (χ1v) is 27.5. The van der Waals surface area contributed by atoms with E-state index in [1.54, 1.807) is 0 Å². The maximum absolute atomic E-state index is 12.7. The Balaban J connectivity index is 4.12. The van der Waals surface area contributed by atoms with Crippen LogP contribution < -0.4 is 0 Å². The van der Waals surface area contributed by atoms with E-state index in [1.807, 2.05) is 0 Å². The van der Waals surface area contributed by atoms with E-state index in [2.05, 4.69) is 57.2 Å². The highest BCUT2D eigenvalue weighted by atomic mass is 16.6. The minimum atomic E-state index is -0.771.